The van der Waals surface area contributed by atoms with E-state index in [1.165, 1.54) is 18.4 Å². The number of esters is 1. The molecule has 0 saturated carbocycles. The van der Waals surface area contributed by atoms with Gasteiger partial charge in [-0.15, -0.1) is 11.3 Å². The standard InChI is InChI=1S/C13H17N3O3S/c1-3-16(6-4-12(18)19-2)9-11(17)15-13-10(8-14)5-7-20-13/h5,7H,3-4,6,9H2,1-2H3,(H,15,17). The highest BCUT2D eigenvalue weighted by Gasteiger charge is 2.13. The van der Waals surface area contributed by atoms with Gasteiger partial charge in [-0.3, -0.25) is 14.5 Å². The number of nitrogens with one attached hydrogen (secondary N) is 1. The van der Waals surface area contributed by atoms with Crippen LogP contribution in [0.15, 0.2) is 11.4 Å². The molecular formula is C13H17N3O3S. The molecule has 108 valence electrons. The van der Waals surface area contributed by atoms with Gasteiger partial charge in [0.1, 0.15) is 11.1 Å². The van der Waals surface area contributed by atoms with Crippen LogP contribution in [0.1, 0.15) is 18.9 Å². The molecule has 7 heteroatoms. The summed E-state index contributed by atoms with van der Waals surface area (Å²) < 4.78 is 4.57. The van der Waals surface area contributed by atoms with E-state index in [-0.39, 0.29) is 24.8 Å². The zero-order valence-corrected chi connectivity index (χ0v) is 12.3. The van der Waals surface area contributed by atoms with Crippen molar-refractivity contribution in [1.29, 1.82) is 5.26 Å². The van der Waals surface area contributed by atoms with Crippen LogP contribution >= 0.6 is 11.3 Å². The molecule has 1 aromatic heterocycles. The Morgan fingerprint density at radius 3 is 2.90 bits per heavy atom. The number of likely N-dealkylation sites (N-methyl/N-ethyl adjacent to an activating group) is 1. The number of amides is 1. The first-order chi connectivity index (χ1) is 9.60. The minimum atomic E-state index is -0.297. The van der Waals surface area contributed by atoms with Crippen LogP contribution in [0.4, 0.5) is 5.00 Å². The van der Waals surface area contributed by atoms with E-state index in [9.17, 15) is 9.59 Å². The first-order valence-corrected chi connectivity index (χ1v) is 7.05. The Bertz CT molecular complexity index is 507. The topological polar surface area (TPSA) is 82.4 Å². The van der Waals surface area contributed by atoms with Gasteiger partial charge in [0.2, 0.25) is 5.91 Å². The molecule has 0 radical (unpaired) electrons. The summed E-state index contributed by atoms with van der Waals surface area (Å²) in [4.78, 5) is 24.8. The summed E-state index contributed by atoms with van der Waals surface area (Å²) in [6.07, 6.45) is 0.250. The molecule has 0 aliphatic rings. The SMILES string of the molecule is CCN(CCC(=O)OC)CC(=O)Nc1sccc1C#N. The maximum Gasteiger partial charge on any atom is 0.306 e. The molecule has 1 rings (SSSR count). The summed E-state index contributed by atoms with van der Waals surface area (Å²) in [5.74, 6) is -0.496. The van der Waals surface area contributed by atoms with Crippen LogP contribution in [0.25, 0.3) is 0 Å². The number of nitriles is 1. The number of thiophene rings is 1. The minimum absolute atomic E-state index is 0.177. The predicted octanol–water partition coefficient (Wildman–Crippen LogP) is 1.44. The third kappa shape index (κ3) is 4.99. The molecule has 0 aliphatic carbocycles. The van der Waals surface area contributed by atoms with Crippen molar-refractivity contribution in [2.45, 2.75) is 13.3 Å². The average molecular weight is 295 g/mol. The molecule has 0 fully saturated rings. The molecule has 6 nitrogen and oxygen atoms in total. The molecule has 1 amide bonds. The number of nitrogens with zero attached hydrogens (tertiary/aromatic N) is 2. The van der Waals surface area contributed by atoms with Gasteiger partial charge in [0.05, 0.1) is 25.6 Å². The summed E-state index contributed by atoms with van der Waals surface area (Å²) in [5, 5.41) is 13.9. The number of methoxy groups -OCH3 is 1. The van der Waals surface area contributed by atoms with Crippen LogP contribution in [0.5, 0.6) is 0 Å². The lowest BCUT2D eigenvalue weighted by Crippen LogP contribution is -2.34. The zero-order valence-electron chi connectivity index (χ0n) is 11.5. The fraction of sp³-hybridized carbons (Fsp3) is 0.462. The lowest BCUT2D eigenvalue weighted by atomic mass is 10.3. The van der Waals surface area contributed by atoms with Crippen LogP contribution in [0.3, 0.4) is 0 Å². The maximum absolute atomic E-state index is 11.9. The third-order valence-corrected chi connectivity index (χ3v) is 3.54. The fourth-order valence-electron chi connectivity index (χ4n) is 1.56. The summed E-state index contributed by atoms with van der Waals surface area (Å²) in [5.41, 5.74) is 0.459. The van der Waals surface area contributed by atoms with Gasteiger partial charge < -0.3 is 10.1 Å². The largest absolute Gasteiger partial charge is 0.469 e. The van der Waals surface area contributed by atoms with Crippen molar-refractivity contribution in [3.05, 3.63) is 17.0 Å². The first-order valence-electron chi connectivity index (χ1n) is 6.17. The van der Waals surface area contributed by atoms with Crippen molar-refractivity contribution in [3.63, 3.8) is 0 Å². The van der Waals surface area contributed by atoms with Gasteiger partial charge in [-0.1, -0.05) is 6.92 Å². The van der Waals surface area contributed by atoms with Crippen LogP contribution in [0.2, 0.25) is 0 Å². The Balaban J connectivity index is 2.47. The van der Waals surface area contributed by atoms with Gasteiger partial charge in [0.25, 0.3) is 0 Å². The zero-order chi connectivity index (χ0) is 15.0. The summed E-state index contributed by atoms with van der Waals surface area (Å²) >= 11 is 1.31. The monoisotopic (exact) mass is 295 g/mol. The Morgan fingerprint density at radius 1 is 1.55 bits per heavy atom. The Labute approximate surface area is 121 Å². The molecule has 0 aromatic carbocycles. The van der Waals surface area contributed by atoms with E-state index in [0.717, 1.165) is 0 Å². The number of carbonyl (C=O) groups is 2. The number of carbonyl (C=O) groups excluding carboxylic acids is 2. The van der Waals surface area contributed by atoms with Crippen LogP contribution in [-0.2, 0) is 14.3 Å². The van der Waals surface area contributed by atoms with Gasteiger partial charge in [-0.05, 0) is 18.0 Å². The average Bonchev–Trinajstić information content (AvgIpc) is 2.89. The molecule has 0 spiro atoms. The number of anilines is 1. The van der Waals surface area contributed by atoms with Crippen molar-refractivity contribution in [1.82, 2.24) is 4.90 Å². The van der Waals surface area contributed by atoms with E-state index >= 15 is 0 Å². The number of hydrogen-bond acceptors (Lipinski definition) is 6. The number of hydrogen-bond donors (Lipinski definition) is 1. The van der Waals surface area contributed by atoms with Crippen molar-refractivity contribution in [3.8, 4) is 6.07 Å². The van der Waals surface area contributed by atoms with E-state index in [1.807, 2.05) is 17.9 Å². The molecule has 1 aromatic rings. The highest BCUT2D eigenvalue weighted by molar-refractivity contribution is 7.14. The van der Waals surface area contributed by atoms with Crippen LogP contribution in [0, 0.1) is 11.3 Å². The maximum atomic E-state index is 11.9. The molecule has 0 aliphatic heterocycles. The lowest BCUT2D eigenvalue weighted by Gasteiger charge is -2.18. The third-order valence-electron chi connectivity index (χ3n) is 2.71. The summed E-state index contributed by atoms with van der Waals surface area (Å²) in [6, 6.07) is 3.68. The lowest BCUT2D eigenvalue weighted by molar-refractivity contribution is -0.141. The van der Waals surface area contributed by atoms with E-state index in [1.54, 1.807) is 11.4 Å². The molecule has 1 N–H and O–H groups in total. The second-order valence-corrected chi connectivity index (χ2v) is 4.93. The Kier molecular flexibility index (Phi) is 6.70. The Hall–Kier alpha value is -1.91. The smallest absolute Gasteiger partial charge is 0.306 e. The molecule has 0 bridgehead atoms. The van der Waals surface area contributed by atoms with Crippen molar-refractivity contribution in [2.24, 2.45) is 0 Å². The van der Waals surface area contributed by atoms with E-state index in [4.69, 9.17) is 5.26 Å². The predicted molar refractivity (Wildman–Crippen MR) is 76.4 cm³/mol. The minimum Gasteiger partial charge on any atom is -0.469 e. The van der Waals surface area contributed by atoms with Gasteiger partial charge >= 0.3 is 5.97 Å². The summed E-state index contributed by atoms with van der Waals surface area (Å²) in [6.45, 7) is 3.21. The van der Waals surface area contributed by atoms with E-state index < -0.39 is 0 Å². The normalized spacial score (nSPS) is 10.1. The molecule has 0 saturated heterocycles. The molecule has 1 heterocycles. The van der Waals surface area contributed by atoms with Crippen molar-refractivity contribution < 1.29 is 14.3 Å². The van der Waals surface area contributed by atoms with Gasteiger partial charge in [0, 0.05) is 6.54 Å². The highest BCUT2D eigenvalue weighted by Crippen LogP contribution is 2.21. The van der Waals surface area contributed by atoms with Crippen LogP contribution < -0.4 is 5.32 Å². The highest BCUT2D eigenvalue weighted by atomic mass is 32.1. The van der Waals surface area contributed by atoms with Crippen molar-refractivity contribution >= 4 is 28.2 Å². The fourth-order valence-corrected chi connectivity index (χ4v) is 2.32. The molecule has 20 heavy (non-hydrogen) atoms. The number of ether oxygens (including phenoxy) is 1. The summed E-state index contributed by atoms with van der Waals surface area (Å²) in [7, 11) is 1.34. The van der Waals surface area contributed by atoms with Crippen molar-refractivity contribution in [2.75, 3.05) is 32.1 Å². The van der Waals surface area contributed by atoms with E-state index in [0.29, 0.717) is 23.7 Å². The van der Waals surface area contributed by atoms with Gasteiger partial charge in [-0.25, -0.2) is 0 Å². The Morgan fingerprint density at radius 2 is 2.30 bits per heavy atom. The molecule has 0 unspecified atom stereocenters. The molecular weight excluding hydrogens is 278 g/mol. The first kappa shape index (κ1) is 16.1. The second-order valence-electron chi connectivity index (χ2n) is 4.02. The van der Waals surface area contributed by atoms with Gasteiger partial charge in [0.15, 0.2) is 0 Å². The van der Waals surface area contributed by atoms with Crippen LogP contribution in [-0.4, -0.2) is 43.5 Å². The second kappa shape index (κ2) is 8.30. The van der Waals surface area contributed by atoms with Gasteiger partial charge in [-0.2, -0.15) is 5.26 Å². The van der Waals surface area contributed by atoms with E-state index in [2.05, 4.69) is 10.1 Å². The number of rotatable bonds is 7. The quantitative estimate of drug-likeness (QED) is 0.770. The molecule has 0 atom stereocenters.